The van der Waals surface area contributed by atoms with E-state index < -0.39 is 23.2 Å². The van der Waals surface area contributed by atoms with E-state index in [1.54, 1.807) is 30.3 Å². The summed E-state index contributed by atoms with van der Waals surface area (Å²) in [6.45, 7) is 1.13. The molecule has 1 aromatic carbocycles. The van der Waals surface area contributed by atoms with Crippen LogP contribution >= 0.6 is 11.6 Å². The minimum atomic E-state index is -1.03. The van der Waals surface area contributed by atoms with Gasteiger partial charge in [-0.15, -0.1) is 0 Å². The summed E-state index contributed by atoms with van der Waals surface area (Å²) in [4.78, 5) is 30.3. The number of nitrogens with one attached hydrogen (secondary N) is 1. The second-order valence-electron chi connectivity index (χ2n) is 7.82. The van der Waals surface area contributed by atoms with Crippen LogP contribution in [0.3, 0.4) is 0 Å². The Hall–Kier alpha value is -2.31. The van der Waals surface area contributed by atoms with Crippen molar-refractivity contribution in [1.29, 1.82) is 0 Å². The first-order valence-electron chi connectivity index (χ1n) is 9.34. The molecule has 0 unspecified atom stereocenters. The largest absolute Gasteiger partial charge is 0.448 e. The number of carbonyl (C=O) groups excluding carboxylic acids is 2. The second kappa shape index (κ2) is 6.09. The molecule has 0 bridgehead atoms. The van der Waals surface area contributed by atoms with E-state index in [1.165, 1.54) is 6.20 Å². The lowest BCUT2D eigenvalue weighted by Gasteiger charge is -2.44. The number of benzene rings is 1. The van der Waals surface area contributed by atoms with Gasteiger partial charge in [0.25, 0.3) is 0 Å². The van der Waals surface area contributed by atoms with Crippen molar-refractivity contribution in [2.45, 2.75) is 36.5 Å². The van der Waals surface area contributed by atoms with E-state index in [0.717, 1.165) is 5.56 Å². The standard InChI is InChI=1S/C21H18ClFN2O3/c22-13-3-1-12(2-4-13)20(9-14(23)10-20)18(26)15-5-7-25-17-16(15)21(28-19(17)27)6-8-24-11-21/h1-5,7,14,24H,6,8-11H2/t14?,20?,21-/m0/s1. The molecule has 5 rings (SSSR count). The predicted molar refractivity (Wildman–Crippen MR) is 100 cm³/mol. The summed E-state index contributed by atoms with van der Waals surface area (Å²) in [5.41, 5.74) is 0.0538. The Morgan fingerprint density at radius 2 is 2.00 bits per heavy atom. The van der Waals surface area contributed by atoms with E-state index in [-0.39, 0.29) is 24.3 Å². The van der Waals surface area contributed by atoms with Crippen LogP contribution in [0.2, 0.25) is 5.02 Å². The summed E-state index contributed by atoms with van der Waals surface area (Å²) in [7, 11) is 0. The number of carbonyl (C=O) groups is 2. The third-order valence-corrected chi connectivity index (χ3v) is 6.47. The Bertz CT molecular complexity index is 980. The molecule has 2 aromatic rings. The molecule has 1 saturated heterocycles. The van der Waals surface area contributed by atoms with Gasteiger partial charge in [0, 0.05) is 35.3 Å². The molecular weight excluding hydrogens is 383 g/mol. The number of ether oxygens (including phenoxy) is 1. The summed E-state index contributed by atoms with van der Waals surface area (Å²) in [5.74, 6) is -0.696. The molecule has 144 valence electrons. The molecule has 2 fully saturated rings. The molecule has 1 atom stereocenters. The molecule has 5 nitrogen and oxygen atoms in total. The first kappa shape index (κ1) is 17.8. The maximum atomic E-state index is 14.0. The minimum Gasteiger partial charge on any atom is -0.448 e. The van der Waals surface area contributed by atoms with E-state index >= 15 is 0 Å². The quantitative estimate of drug-likeness (QED) is 0.632. The highest BCUT2D eigenvalue weighted by molar-refractivity contribution is 6.30. The van der Waals surface area contributed by atoms with Gasteiger partial charge in [-0.1, -0.05) is 23.7 Å². The molecule has 0 radical (unpaired) electrons. The van der Waals surface area contributed by atoms with Crippen LogP contribution in [-0.2, 0) is 15.8 Å². The lowest BCUT2D eigenvalue weighted by atomic mass is 9.59. The fourth-order valence-corrected chi connectivity index (χ4v) is 4.91. The van der Waals surface area contributed by atoms with Gasteiger partial charge < -0.3 is 10.1 Å². The van der Waals surface area contributed by atoms with Crippen LogP contribution in [0.5, 0.6) is 0 Å². The number of ketones is 1. The first-order chi connectivity index (χ1) is 13.5. The highest BCUT2D eigenvalue weighted by atomic mass is 35.5. The number of aromatic nitrogens is 1. The van der Waals surface area contributed by atoms with Crippen molar-refractivity contribution in [3.8, 4) is 0 Å². The molecule has 3 aliphatic rings. The molecule has 2 aliphatic heterocycles. The lowest BCUT2D eigenvalue weighted by Crippen LogP contribution is -2.49. The highest BCUT2D eigenvalue weighted by Crippen LogP contribution is 2.50. The Morgan fingerprint density at radius 1 is 1.25 bits per heavy atom. The Morgan fingerprint density at radius 3 is 2.64 bits per heavy atom. The van der Waals surface area contributed by atoms with Crippen molar-refractivity contribution < 1.29 is 18.7 Å². The normalized spacial score (nSPS) is 30.8. The molecular formula is C21H18ClFN2O3. The Kier molecular flexibility index (Phi) is 3.87. The molecule has 1 N–H and O–H groups in total. The van der Waals surface area contributed by atoms with Crippen LogP contribution < -0.4 is 5.32 Å². The minimum absolute atomic E-state index is 0.116. The number of hydrogen-bond donors (Lipinski definition) is 1. The van der Waals surface area contributed by atoms with Gasteiger partial charge in [0.15, 0.2) is 17.1 Å². The number of nitrogens with zero attached hydrogens (tertiary/aromatic N) is 1. The summed E-state index contributed by atoms with van der Waals surface area (Å²) >= 11 is 5.99. The molecule has 0 amide bonds. The van der Waals surface area contributed by atoms with Crippen molar-refractivity contribution in [3.63, 3.8) is 0 Å². The van der Waals surface area contributed by atoms with Crippen molar-refractivity contribution in [2.24, 2.45) is 0 Å². The first-order valence-corrected chi connectivity index (χ1v) is 9.71. The number of rotatable bonds is 3. The molecule has 3 heterocycles. The van der Waals surface area contributed by atoms with E-state index in [9.17, 15) is 14.0 Å². The third kappa shape index (κ3) is 2.37. The van der Waals surface area contributed by atoms with Crippen LogP contribution in [0.4, 0.5) is 4.39 Å². The number of Topliss-reactive ketones (excluding diaryl/α,β-unsaturated/α-hetero) is 1. The number of esters is 1. The lowest BCUT2D eigenvalue weighted by molar-refractivity contribution is 0.000970. The summed E-state index contributed by atoms with van der Waals surface area (Å²) < 4.78 is 19.7. The van der Waals surface area contributed by atoms with Crippen LogP contribution in [0.15, 0.2) is 36.5 Å². The van der Waals surface area contributed by atoms with E-state index in [1.807, 2.05) is 0 Å². The Labute approximate surface area is 166 Å². The van der Waals surface area contributed by atoms with Crippen LogP contribution in [0.25, 0.3) is 0 Å². The maximum Gasteiger partial charge on any atom is 0.358 e. The molecule has 1 spiro atoms. The van der Waals surface area contributed by atoms with Crippen LogP contribution in [0, 0.1) is 0 Å². The SMILES string of the molecule is O=C1O[C@]2(CCNC2)c2c(C(=O)C3(c4ccc(Cl)cc4)CC(F)C3)ccnc21. The van der Waals surface area contributed by atoms with Gasteiger partial charge in [0.1, 0.15) is 6.17 Å². The van der Waals surface area contributed by atoms with Gasteiger partial charge in [-0.25, -0.2) is 14.2 Å². The summed E-state index contributed by atoms with van der Waals surface area (Å²) in [5, 5.41) is 3.76. The van der Waals surface area contributed by atoms with E-state index in [2.05, 4.69) is 10.3 Å². The fourth-order valence-electron chi connectivity index (χ4n) is 4.79. The Balaban J connectivity index is 1.65. The molecule has 1 aliphatic carbocycles. The predicted octanol–water partition coefficient (Wildman–Crippen LogP) is 3.35. The molecule has 7 heteroatoms. The number of hydrogen-bond acceptors (Lipinski definition) is 5. The molecule has 28 heavy (non-hydrogen) atoms. The van der Waals surface area contributed by atoms with Gasteiger partial charge in [-0.3, -0.25) is 4.79 Å². The number of fused-ring (bicyclic) bond motifs is 2. The number of halogens is 2. The summed E-state index contributed by atoms with van der Waals surface area (Å²) in [6, 6.07) is 8.61. The zero-order valence-corrected chi connectivity index (χ0v) is 15.8. The van der Waals surface area contributed by atoms with Crippen LogP contribution in [0.1, 0.15) is 51.2 Å². The van der Waals surface area contributed by atoms with Crippen molar-refractivity contribution in [3.05, 3.63) is 63.9 Å². The fraction of sp³-hybridized carbons (Fsp3) is 0.381. The monoisotopic (exact) mass is 400 g/mol. The smallest absolute Gasteiger partial charge is 0.358 e. The van der Waals surface area contributed by atoms with Crippen molar-refractivity contribution >= 4 is 23.4 Å². The number of alkyl halides is 1. The van der Waals surface area contributed by atoms with Crippen LogP contribution in [-0.4, -0.2) is 36.0 Å². The van der Waals surface area contributed by atoms with Crippen molar-refractivity contribution in [2.75, 3.05) is 13.1 Å². The van der Waals surface area contributed by atoms with Gasteiger partial charge in [0.05, 0.1) is 5.41 Å². The zero-order chi connectivity index (χ0) is 19.5. The average Bonchev–Trinajstić information content (AvgIpc) is 3.24. The second-order valence-corrected chi connectivity index (χ2v) is 8.25. The number of pyridine rings is 1. The summed E-state index contributed by atoms with van der Waals surface area (Å²) in [6.07, 6.45) is 1.23. The van der Waals surface area contributed by atoms with Gasteiger partial charge in [-0.05, 0) is 43.1 Å². The van der Waals surface area contributed by atoms with Crippen molar-refractivity contribution in [1.82, 2.24) is 10.3 Å². The van der Waals surface area contributed by atoms with E-state index in [4.69, 9.17) is 16.3 Å². The zero-order valence-electron chi connectivity index (χ0n) is 15.0. The van der Waals surface area contributed by atoms with Gasteiger partial charge >= 0.3 is 5.97 Å². The maximum absolute atomic E-state index is 14.0. The molecule has 1 saturated carbocycles. The highest BCUT2D eigenvalue weighted by Gasteiger charge is 2.56. The topological polar surface area (TPSA) is 68.3 Å². The third-order valence-electron chi connectivity index (χ3n) is 6.22. The van der Waals surface area contributed by atoms with Gasteiger partial charge in [0.2, 0.25) is 0 Å². The van der Waals surface area contributed by atoms with Gasteiger partial charge in [-0.2, -0.15) is 0 Å². The van der Waals surface area contributed by atoms with E-state index in [0.29, 0.717) is 35.7 Å². The average molecular weight is 401 g/mol. The molecule has 1 aromatic heterocycles.